The summed E-state index contributed by atoms with van der Waals surface area (Å²) in [5.41, 5.74) is 4.92. The number of hydrogen-bond donors (Lipinski definition) is 2. The van der Waals surface area contributed by atoms with E-state index in [1.807, 2.05) is 23.2 Å². The van der Waals surface area contributed by atoms with Crippen LogP contribution in [0.5, 0.6) is 0 Å². The third-order valence-electron chi connectivity index (χ3n) is 8.99. The second-order valence-electron chi connectivity index (χ2n) is 12.7. The van der Waals surface area contributed by atoms with E-state index >= 15 is 0 Å². The molecule has 2 unspecified atom stereocenters. The number of piperazine rings is 1. The highest BCUT2D eigenvalue weighted by atomic mass is 79.9. The lowest BCUT2D eigenvalue weighted by molar-refractivity contribution is -0.192. The van der Waals surface area contributed by atoms with Crippen LogP contribution in [-0.4, -0.2) is 107 Å². The number of carboxylic acids is 1. The van der Waals surface area contributed by atoms with Crippen molar-refractivity contribution in [2.75, 3.05) is 57.9 Å². The van der Waals surface area contributed by atoms with Crippen molar-refractivity contribution in [1.29, 1.82) is 5.26 Å². The minimum atomic E-state index is -5.08. The molecular weight excluding hydrogens is 681 g/mol. The van der Waals surface area contributed by atoms with Crippen molar-refractivity contribution < 1.29 is 27.9 Å². The Labute approximate surface area is 281 Å². The highest BCUT2D eigenvalue weighted by Gasteiger charge is 2.38. The van der Waals surface area contributed by atoms with Gasteiger partial charge in [0.15, 0.2) is 5.82 Å². The van der Waals surface area contributed by atoms with Crippen molar-refractivity contribution in [3.8, 4) is 6.07 Å². The number of carboxylic acid groups (broad SMARTS) is 1. The number of rotatable bonds is 8. The van der Waals surface area contributed by atoms with Gasteiger partial charge in [-0.2, -0.15) is 23.4 Å². The minimum Gasteiger partial charge on any atom is -0.475 e. The SMILES string of the molecule is CC1CCC(N(NC(=O)c2ccc(CN3CCN(CC4CCN(C)CC4)CC3)cc2)c2nc(C#N)ncc2Br)C1.O=C(O)C(F)(F)F. The molecule has 1 amide bonds. The predicted octanol–water partition coefficient (Wildman–Crippen LogP) is 4.54. The summed E-state index contributed by atoms with van der Waals surface area (Å²) in [6.07, 6.45) is 2.12. The molecule has 3 fully saturated rings. The molecule has 1 aliphatic carbocycles. The van der Waals surface area contributed by atoms with E-state index in [-0.39, 0.29) is 17.8 Å². The summed E-state index contributed by atoms with van der Waals surface area (Å²) >= 11 is 3.52. The van der Waals surface area contributed by atoms with E-state index in [2.05, 4.69) is 72.1 Å². The Morgan fingerprint density at radius 3 is 2.23 bits per heavy atom. The monoisotopic (exact) mass is 722 g/mol. The Morgan fingerprint density at radius 2 is 1.68 bits per heavy atom. The van der Waals surface area contributed by atoms with Gasteiger partial charge in [-0.05, 0) is 97.7 Å². The molecule has 2 N–H and O–H groups in total. The first-order valence-corrected chi connectivity index (χ1v) is 16.7. The van der Waals surface area contributed by atoms with E-state index < -0.39 is 12.1 Å². The van der Waals surface area contributed by atoms with Crippen LogP contribution >= 0.6 is 15.9 Å². The maximum atomic E-state index is 13.4. The molecule has 0 bridgehead atoms. The number of carbonyl (C=O) groups is 2. The fourth-order valence-corrected chi connectivity index (χ4v) is 6.63. The maximum Gasteiger partial charge on any atom is 0.490 e. The molecule has 3 heterocycles. The van der Waals surface area contributed by atoms with Gasteiger partial charge in [-0.3, -0.25) is 20.1 Å². The molecule has 2 atom stereocenters. The van der Waals surface area contributed by atoms with Crippen LogP contribution in [0.3, 0.4) is 0 Å². The lowest BCUT2D eigenvalue weighted by atomic mass is 9.96. The molecule has 5 rings (SSSR count). The van der Waals surface area contributed by atoms with Crippen LogP contribution in [0.15, 0.2) is 34.9 Å². The Hall–Kier alpha value is -3.32. The second-order valence-corrected chi connectivity index (χ2v) is 13.5. The quantitative estimate of drug-likeness (QED) is 0.375. The fourth-order valence-electron chi connectivity index (χ4n) is 6.24. The smallest absolute Gasteiger partial charge is 0.475 e. The topological polar surface area (TPSA) is 129 Å². The fraction of sp³-hybridized carbons (Fsp3) is 0.594. The van der Waals surface area contributed by atoms with Gasteiger partial charge in [0.05, 0.1) is 10.5 Å². The van der Waals surface area contributed by atoms with Crippen LogP contribution in [0.2, 0.25) is 0 Å². The van der Waals surface area contributed by atoms with Gasteiger partial charge in [0, 0.05) is 51.0 Å². The molecule has 1 aromatic carbocycles. The van der Waals surface area contributed by atoms with Gasteiger partial charge in [-0.25, -0.2) is 9.78 Å². The van der Waals surface area contributed by atoms with Gasteiger partial charge in [0.25, 0.3) is 5.91 Å². The van der Waals surface area contributed by atoms with E-state index in [9.17, 15) is 23.2 Å². The van der Waals surface area contributed by atoms with Gasteiger partial charge in [-0.15, -0.1) is 0 Å². The first-order valence-electron chi connectivity index (χ1n) is 15.9. The van der Waals surface area contributed by atoms with Crippen LogP contribution in [0, 0.1) is 23.2 Å². The first-order chi connectivity index (χ1) is 22.3. The molecule has 256 valence electrons. The average molecular weight is 724 g/mol. The summed E-state index contributed by atoms with van der Waals surface area (Å²) in [7, 11) is 2.23. The van der Waals surface area contributed by atoms with Crippen LogP contribution in [0.4, 0.5) is 19.0 Å². The van der Waals surface area contributed by atoms with E-state index in [0.29, 0.717) is 21.8 Å². The van der Waals surface area contributed by atoms with E-state index in [1.165, 1.54) is 38.0 Å². The number of nitriles is 1. The average Bonchev–Trinajstić information content (AvgIpc) is 3.48. The number of aromatic nitrogens is 2. The van der Waals surface area contributed by atoms with Gasteiger partial charge >= 0.3 is 12.1 Å². The molecule has 3 aliphatic rings. The minimum absolute atomic E-state index is 0.0792. The number of nitrogens with zero attached hydrogens (tertiary/aromatic N) is 7. The number of alkyl halides is 3. The molecule has 0 radical (unpaired) electrons. The Balaban J connectivity index is 0.000000644. The largest absolute Gasteiger partial charge is 0.490 e. The molecule has 0 spiro atoms. The van der Waals surface area contributed by atoms with Crippen LogP contribution < -0.4 is 10.4 Å². The van der Waals surface area contributed by atoms with Gasteiger partial charge < -0.3 is 14.9 Å². The van der Waals surface area contributed by atoms with Crippen molar-refractivity contribution >= 4 is 33.6 Å². The highest BCUT2D eigenvalue weighted by molar-refractivity contribution is 9.10. The summed E-state index contributed by atoms with van der Waals surface area (Å²) in [4.78, 5) is 38.3. The van der Waals surface area contributed by atoms with Gasteiger partial charge in [-0.1, -0.05) is 19.1 Å². The third-order valence-corrected chi connectivity index (χ3v) is 9.55. The molecule has 2 aromatic rings. The second kappa shape index (κ2) is 16.7. The van der Waals surface area contributed by atoms with Gasteiger partial charge in [0.1, 0.15) is 6.07 Å². The maximum absolute atomic E-state index is 13.4. The third kappa shape index (κ3) is 10.9. The van der Waals surface area contributed by atoms with E-state index in [4.69, 9.17) is 9.90 Å². The van der Waals surface area contributed by atoms with Crippen molar-refractivity contribution in [2.24, 2.45) is 11.8 Å². The van der Waals surface area contributed by atoms with Crippen molar-refractivity contribution in [3.63, 3.8) is 0 Å². The Kier molecular flexibility index (Phi) is 13.0. The Morgan fingerprint density at radius 1 is 1.06 bits per heavy atom. The number of hydrazine groups is 1. The van der Waals surface area contributed by atoms with E-state index in [1.54, 1.807) is 6.20 Å². The highest BCUT2D eigenvalue weighted by Crippen LogP contribution is 2.33. The zero-order valence-electron chi connectivity index (χ0n) is 26.7. The summed E-state index contributed by atoms with van der Waals surface area (Å²) < 4.78 is 32.4. The number of anilines is 1. The van der Waals surface area contributed by atoms with Crippen LogP contribution in [0.25, 0.3) is 0 Å². The number of carbonyl (C=O) groups excluding carboxylic acids is 1. The standard InChI is InChI=1S/C30H41BrN8O.C2HF3O2/c1-22-3-8-26(17-22)39(29-27(31)19-33-28(18-32)34-29)35-30(40)25-6-4-23(5-7-25)20-37-13-15-38(16-14-37)21-24-9-11-36(2)12-10-24;3-2(4,5)1(6)7/h4-7,19,22,24,26H,3,8-17,20-21H2,1-2H3,(H,35,40);(H,6,7). The number of hydrogen-bond acceptors (Lipinski definition) is 9. The number of piperidine rings is 1. The number of amides is 1. The van der Waals surface area contributed by atoms with Gasteiger partial charge in [0.2, 0.25) is 5.82 Å². The molecule has 1 aromatic heterocycles. The van der Waals surface area contributed by atoms with Crippen molar-refractivity contribution in [3.05, 3.63) is 51.9 Å². The predicted molar refractivity (Wildman–Crippen MR) is 173 cm³/mol. The number of nitrogens with one attached hydrogen (secondary N) is 1. The molecule has 11 nitrogen and oxygen atoms in total. The molecule has 15 heteroatoms. The zero-order chi connectivity index (χ0) is 34.1. The number of aliphatic carboxylic acids is 1. The number of halogens is 4. The molecule has 1 saturated carbocycles. The summed E-state index contributed by atoms with van der Waals surface area (Å²) in [6, 6.07) is 10.1. The number of benzene rings is 1. The Bertz CT molecular complexity index is 1390. The zero-order valence-corrected chi connectivity index (χ0v) is 28.3. The number of likely N-dealkylation sites (tertiary alicyclic amines) is 1. The molecule has 47 heavy (non-hydrogen) atoms. The summed E-state index contributed by atoms with van der Waals surface area (Å²) in [5.74, 6) is -0.930. The lowest BCUT2D eigenvalue weighted by Gasteiger charge is -2.38. The molecule has 2 aliphatic heterocycles. The normalized spacial score (nSPS) is 21.4. The molecule has 2 saturated heterocycles. The van der Waals surface area contributed by atoms with Crippen LogP contribution in [0.1, 0.15) is 60.8 Å². The lowest BCUT2D eigenvalue weighted by Crippen LogP contribution is -2.49. The molecular formula is C32H42BrF3N8O3. The van der Waals surface area contributed by atoms with Crippen molar-refractivity contribution in [1.82, 2.24) is 30.1 Å². The van der Waals surface area contributed by atoms with E-state index in [0.717, 1.165) is 57.9 Å². The van der Waals surface area contributed by atoms with Crippen LogP contribution in [-0.2, 0) is 11.3 Å². The summed E-state index contributed by atoms with van der Waals surface area (Å²) in [5, 5.41) is 18.3. The first kappa shape index (κ1) is 36.5. The van der Waals surface area contributed by atoms with Crippen molar-refractivity contribution in [2.45, 2.75) is 57.8 Å². The summed E-state index contributed by atoms with van der Waals surface area (Å²) in [6.45, 7) is 11.3.